The van der Waals surface area contributed by atoms with E-state index in [1.165, 1.54) is 12.2 Å². The second kappa shape index (κ2) is 6.87. The van der Waals surface area contributed by atoms with Gasteiger partial charge in [0.2, 0.25) is 5.78 Å². The van der Waals surface area contributed by atoms with E-state index in [-0.39, 0.29) is 23.7 Å². The number of carbonyl (C=O) groups excluding carboxylic acids is 2. The van der Waals surface area contributed by atoms with Crippen LogP contribution in [0, 0.1) is 5.41 Å². The Hall–Kier alpha value is -3.15. The second-order valence-electron chi connectivity index (χ2n) is 7.72. The molecule has 1 aromatic heterocycles. The zero-order valence-corrected chi connectivity index (χ0v) is 15.5. The minimum atomic E-state index is -1.10. The number of nitrogens with one attached hydrogen (secondary N) is 2. The second-order valence-corrected chi connectivity index (χ2v) is 7.72. The van der Waals surface area contributed by atoms with Crippen molar-refractivity contribution in [3.05, 3.63) is 59.4 Å². The first kappa shape index (κ1) is 18.6. The number of ketones is 2. The van der Waals surface area contributed by atoms with Gasteiger partial charge in [-0.15, -0.1) is 0 Å². The third-order valence-corrected chi connectivity index (χ3v) is 4.51. The average Bonchev–Trinajstić information content (AvgIpc) is 2.98. The number of carbonyl (C=O) groups is 3. The molecule has 0 saturated carbocycles. The van der Waals surface area contributed by atoms with Gasteiger partial charge in [-0.05, 0) is 29.0 Å². The maximum Gasteiger partial charge on any atom is 0.326 e. The number of rotatable bonds is 5. The summed E-state index contributed by atoms with van der Waals surface area (Å²) in [7, 11) is 0. The molecule has 0 amide bonds. The summed E-state index contributed by atoms with van der Waals surface area (Å²) in [4.78, 5) is 39.7. The van der Waals surface area contributed by atoms with Crippen LogP contribution in [0.5, 0.6) is 0 Å². The topological polar surface area (TPSA) is 99.3 Å². The van der Waals surface area contributed by atoms with Crippen molar-refractivity contribution >= 4 is 28.4 Å². The van der Waals surface area contributed by atoms with Crippen molar-refractivity contribution in [3.63, 3.8) is 0 Å². The van der Waals surface area contributed by atoms with Crippen LogP contribution >= 0.6 is 0 Å². The highest BCUT2D eigenvalue weighted by molar-refractivity contribution is 6.20. The summed E-state index contributed by atoms with van der Waals surface area (Å²) in [5.74, 6) is -1.76. The number of hydrogen-bond acceptors (Lipinski definition) is 4. The highest BCUT2D eigenvalue weighted by Crippen LogP contribution is 2.30. The Balaban J connectivity index is 1.83. The maximum atomic E-state index is 12.7. The van der Waals surface area contributed by atoms with Crippen LogP contribution in [0.2, 0.25) is 0 Å². The molecule has 3 N–H and O–H groups in total. The number of Topliss-reactive ketones (excluding diaryl/α,β-unsaturated/α-hetero) is 1. The molecule has 1 aliphatic rings. The van der Waals surface area contributed by atoms with Crippen LogP contribution < -0.4 is 5.32 Å². The molecule has 0 unspecified atom stereocenters. The van der Waals surface area contributed by atoms with Crippen LogP contribution in [-0.4, -0.2) is 33.7 Å². The first-order valence-electron chi connectivity index (χ1n) is 8.73. The Morgan fingerprint density at radius 3 is 2.52 bits per heavy atom. The molecule has 1 heterocycles. The lowest BCUT2D eigenvalue weighted by atomic mass is 9.80. The van der Waals surface area contributed by atoms with E-state index < -0.39 is 17.4 Å². The molecule has 0 fully saturated rings. The number of carboxylic acids is 1. The summed E-state index contributed by atoms with van der Waals surface area (Å²) in [6, 6.07) is 8.49. The summed E-state index contributed by atoms with van der Waals surface area (Å²) >= 11 is 0. The number of H-pyrrole nitrogens is 1. The molecule has 0 bridgehead atoms. The van der Waals surface area contributed by atoms with Crippen molar-refractivity contribution in [2.75, 3.05) is 0 Å². The molecule has 1 aliphatic carbocycles. The van der Waals surface area contributed by atoms with Crippen molar-refractivity contribution < 1.29 is 19.5 Å². The molecule has 6 heteroatoms. The van der Waals surface area contributed by atoms with Crippen LogP contribution in [0.4, 0.5) is 0 Å². The fourth-order valence-corrected chi connectivity index (χ4v) is 3.12. The number of aromatic amines is 1. The third kappa shape index (κ3) is 4.00. The molecule has 0 radical (unpaired) electrons. The molecule has 0 spiro atoms. The van der Waals surface area contributed by atoms with E-state index in [0.29, 0.717) is 5.57 Å². The van der Waals surface area contributed by atoms with E-state index in [1.54, 1.807) is 0 Å². The molecule has 6 nitrogen and oxygen atoms in total. The van der Waals surface area contributed by atoms with Crippen LogP contribution in [-0.2, 0) is 20.8 Å². The van der Waals surface area contributed by atoms with Crippen molar-refractivity contribution in [3.8, 4) is 0 Å². The highest BCUT2D eigenvalue weighted by Gasteiger charge is 2.32. The largest absolute Gasteiger partial charge is 0.480 e. The van der Waals surface area contributed by atoms with Crippen molar-refractivity contribution in [2.45, 2.75) is 33.2 Å². The van der Waals surface area contributed by atoms with Gasteiger partial charge in [0.05, 0.1) is 5.70 Å². The van der Waals surface area contributed by atoms with Gasteiger partial charge in [0.1, 0.15) is 6.04 Å². The van der Waals surface area contributed by atoms with Crippen molar-refractivity contribution in [1.29, 1.82) is 0 Å². The molecule has 0 saturated heterocycles. The van der Waals surface area contributed by atoms with Gasteiger partial charge in [-0.2, -0.15) is 0 Å². The van der Waals surface area contributed by atoms with Gasteiger partial charge in [-0.1, -0.05) is 39.0 Å². The quantitative estimate of drug-likeness (QED) is 0.707. The molecular weight excluding hydrogens is 344 g/mol. The van der Waals surface area contributed by atoms with Gasteiger partial charge >= 0.3 is 5.97 Å². The van der Waals surface area contributed by atoms with Crippen LogP contribution in [0.15, 0.2) is 53.8 Å². The van der Waals surface area contributed by atoms with E-state index >= 15 is 0 Å². The third-order valence-electron chi connectivity index (χ3n) is 4.51. The number of para-hydroxylation sites is 1. The standard InChI is InChI=1S/C21H22N2O4/c1-21(2,3)15-10-14(24)11-17(19(15)25)23-18(20(26)27)9-13-8-12-6-4-5-7-16(12)22-13/h4-8,10-11,18,22-23H,9H2,1-3H3,(H,26,27)/t18-/m0/s1. The van der Waals surface area contributed by atoms with E-state index in [1.807, 2.05) is 51.1 Å². The normalized spacial score (nSPS) is 16.1. The lowest BCUT2D eigenvalue weighted by Crippen LogP contribution is -2.42. The van der Waals surface area contributed by atoms with Gasteiger partial charge in [-0.3, -0.25) is 9.59 Å². The van der Waals surface area contributed by atoms with E-state index in [9.17, 15) is 19.5 Å². The Kier molecular flexibility index (Phi) is 4.74. The predicted octanol–water partition coefficient (Wildman–Crippen LogP) is 2.76. The fourth-order valence-electron chi connectivity index (χ4n) is 3.12. The minimum absolute atomic E-state index is 0.0240. The average molecular weight is 366 g/mol. The van der Waals surface area contributed by atoms with Crippen LogP contribution in [0.3, 0.4) is 0 Å². The number of carboxylic acid groups (broad SMARTS) is 1. The SMILES string of the molecule is CC(C)(C)C1=CC(=O)C=C(N[C@@H](Cc2cc3ccccc3[nH]2)C(=O)O)C1=O. The Bertz CT molecular complexity index is 956. The number of allylic oxidation sites excluding steroid dienone is 3. The minimum Gasteiger partial charge on any atom is -0.480 e. The number of aromatic nitrogens is 1. The molecule has 2 aromatic rings. The molecule has 140 valence electrons. The van der Waals surface area contributed by atoms with Gasteiger partial charge in [0.15, 0.2) is 5.78 Å². The van der Waals surface area contributed by atoms with Gasteiger partial charge < -0.3 is 15.4 Å². The first-order chi connectivity index (χ1) is 12.6. The Labute approximate surface area is 157 Å². The van der Waals surface area contributed by atoms with Crippen LogP contribution in [0.25, 0.3) is 10.9 Å². The molecule has 3 rings (SSSR count). The smallest absolute Gasteiger partial charge is 0.326 e. The lowest BCUT2D eigenvalue weighted by Gasteiger charge is -2.26. The predicted molar refractivity (Wildman–Crippen MR) is 102 cm³/mol. The summed E-state index contributed by atoms with van der Waals surface area (Å²) in [6.07, 6.45) is 2.64. The van der Waals surface area contributed by atoms with Gasteiger partial charge in [-0.25, -0.2) is 4.79 Å². The fraction of sp³-hybridized carbons (Fsp3) is 0.286. The molecule has 1 atom stereocenters. The number of fused-ring (bicyclic) bond motifs is 1. The summed E-state index contributed by atoms with van der Waals surface area (Å²) in [5, 5.41) is 13.3. The van der Waals surface area contributed by atoms with E-state index in [2.05, 4.69) is 10.3 Å². The van der Waals surface area contributed by atoms with Crippen molar-refractivity contribution in [2.24, 2.45) is 5.41 Å². The molecule has 0 aliphatic heterocycles. The number of hydrogen-bond donors (Lipinski definition) is 3. The van der Waals surface area contributed by atoms with Gasteiger partial charge in [0.25, 0.3) is 0 Å². The zero-order valence-electron chi connectivity index (χ0n) is 15.5. The first-order valence-corrected chi connectivity index (χ1v) is 8.73. The van der Waals surface area contributed by atoms with Crippen LogP contribution in [0.1, 0.15) is 26.5 Å². The highest BCUT2D eigenvalue weighted by atomic mass is 16.4. The molecule has 27 heavy (non-hydrogen) atoms. The summed E-state index contributed by atoms with van der Waals surface area (Å²) in [6.45, 7) is 5.52. The van der Waals surface area contributed by atoms with E-state index in [0.717, 1.165) is 16.6 Å². The lowest BCUT2D eigenvalue weighted by molar-refractivity contribution is -0.139. The number of benzene rings is 1. The Morgan fingerprint density at radius 1 is 1.19 bits per heavy atom. The van der Waals surface area contributed by atoms with Gasteiger partial charge in [0, 0.05) is 29.3 Å². The van der Waals surface area contributed by atoms with Crippen molar-refractivity contribution in [1.82, 2.24) is 10.3 Å². The Morgan fingerprint density at radius 2 is 1.89 bits per heavy atom. The zero-order chi connectivity index (χ0) is 19.8. The monoisotopic (exact) mass is 366 g/mol. The maximum absolute atomic E-state index is 12.7. The molecular formula is C21H22N2O4. The number of aliphatic carboxylic acids is 1. The molecule has 1 aromatic carbocycles. The summed E-state index contributed by atoms with van der Waals surface area (Å²) in [5.41, 5.74) is 1.53. The summed E-state index contributed by atoms with van der Waals surface area (Å²) < 4.78 is 0. The van der Waals surface area contributed by atoms with E-state index in [4.69, 9.17) is 0 Å².